The maximum Gasteiger partial charge on any atom is 0.328 e. The summed E-state index contributed by atoms with van der Waals surface area (Å²) in [6.07, 6.45) is 5.34. The van der Waals surface area contributed by atoms with Crippen molar-refractivity contribution in [1.82, 2.24) is 14.3 Å². The quantitative estimate of drug-likeness (QED) is 0.404. The largest absolute Gasteiger partial charge is 0.496 e. The molecular weight excluding hydrogens is 469 g/mol. The van der Waals surface area contributed by atoms with Gasteiger partial charge in [0.05, 0.1) is 18.4 Å². The second-order valence-electron chi connectivity index (χ2n) is 6.58. The Morgan fingerprint density at radius 1 is 1.18 bits per heavy atom. The molecule has 180 valence electrons. The minimum absolute atomic E-state index is 0.0168. The predicted molar refractivity (Wildman–Crippen MR) is 120 cm³/mol. The lowest BCUT2D eigenvalue weighted by molar-refractivity contribution is -0.134. The first-order valence-electron chi connectivity index (χ1n) is 9.60. The number of aromatic nitrogens is 2. The molecule has 3 N–H and O–H groups in total. The number of hydrogen-bond acceptors (Lipinski definition) is 7. The number of benzene rings is 1. The zero-order valence-corrected chi connectivity index (χ0v) is 19.0. The Labute approximate surface area is 195 Å². The van der Waals surface area contributed by atoms with E-state index in [2.05, 4.69) is 10.3 Å². The molecule has 0 aliphatic carbocycles. The maximum atomic E-state index is 14.6. The van der Waals surface area contributed by atoms with Gasteiger partial charge in [-0.2, -0.15) is 0 Å². The molecule has 0 aliphatic heterocycles. The maximum absolute atomic E-state index is 14.6. The number of nitrogens with zero attached hydrogens (tertiary/aromatic N) is 2. The van der Waals surface area contributed by atoms with E-state index in [9.17, 15) is 22.4 Å². The molecule has 0 saturated heterocycles. The normalized spacial score (nSPS) is 11.0. The van der Waals surface area contributed by atoms with Crippen LogP contribution < -0.4 is 10.1 Å². The lowest BCUT2D eigenvalue weighted by Crippen LogP contribution is -2.14. The Bertz CT molecular complexity index is 1270. The molecule has 34 heavy (non-hydrogen) atoms. The highest BCUT2D eigenvalue weighted by atomic mass is 32.2. The Hall–Kier alpha value is -4.03. The Morgan fingerprint density at radius 2 is 1.85 bits per heavy atom. The van der Waals surface area contributed by atoms with Gasteiger partial charge in [-0.25, -0.2) is 26.4 Å². The van der Waals surface area contributed by atoms with Gasteiger partial charge in [-0.15, -0.1) is 0 Å². The van der Waals surface area contributed by atoms with Gasteiger partial charge in [-0.05, 0) is 42.9 Å². The molecule has 0 bridgehead atoms. The highest BCUT2D eigenvalue weighted by Gasteiger charge is 2.25. The Kier molecular flexibility index (Phi) is 9.04. The molecule has 10 nitrogen and oxygen atoms in total. The summed E-state index contributed by atoms with van der Waals surface area (Å²) in [6, 6.07) is 8.98. The fraction of sp³-hybridized carbons (Fsp3) is 0.136. The summed E-state index contributed by atoms with van der Waals surface area (Å²) in [5, 5.41) is 18.6. The SMILES string of the molecule is CNCc1cc(-c2c(F)cccc2OC)n(S(=O)(=O)c2cccnc2)c1.O=C(O)/C=C/C(=O)O. The van der Waals surface area contributed by atoms with E-state index < -0.39 is 27.8 Å². The molecule has 0 unspecified atom stereocenters. The van der Waals surface area contributed by atoms with E-state index in [4.69, 9.17) is 14.9 Å². The molecule has 0 saturated carbocycles. The van der Waals surface area contributed by atoms with Crippen molar-refractivity contribution in [3.05, 3.63) is 78.5 Å². The second kappa shape index (κ2) is 11.7. The summed E-state index contributed by atoms with van der Waals surface area (Å²) in [6.45, 7) is 0.430. The van der Waals surface area contributed by atoms with E-state index in [1.165, 1.54) is 50.0 Å². The van der Waals surface area contributed by atoms with Crippen molar-refractivity contribution in [1.29, 1.82) is 0 Å². The summed E-state index contributed by atoms with van der Waals surface area (Å²) in [4.78, 5) is 23.0. The first-order valence-corrected chi connectivity index (χ1v) is 11.0. The van der Waals surface area contributed by atoms with Gasteiger partial charge in [0.2, 0.25) is 0 Å². The van der Waals surface area contributed by atoms with Crippen LogP contribution in [0.15, 0.2) is 72.0 Å². The highest BCUT2D eigenvalue weighted by Crippen LogP contribution is 2.35. The lowest BCUT2D eigenvalue weighted by Gasteiger charge is -2.13. The number of aliphatic carboxylic acids is 2. The van der Waals surface area contributed by atoms with Gasteiger partial charge in [0.1, 0.15) is 16.5 Å². The number of hydrogen-bond donors (Lipinski definition) is 3. The van der Waals surface area contributed by atoms with Crippen LogP contribution in [-0.4, -0.2) is 53.7 Å². The Balaban J connectivity index is 0.000000440. The van der Waals surface area contributed by atoms with E-state index >= 15 is 0 Å². The average molecular weight is 491 g/mol. The topological polar surface area (TPSA) is 148 Å². The number of ether oxygens (including phenoxy) is 1. The van der Waals surface area contributed by atoms with Crippen LogP contribution in [0.3, 0.4) is 0 Å². The zero-order chi connectivity index (χ0) is 25.3. The summed E-state index contributed by atoms with van der Waals surface area (Å²) in [7, 11) is -0.794. The molecule has 0 radical (unpaired) electrons. The molecule has 2 aromatic heterocycles. The van der Waals surface area contributed by atoms with Gasteiger partial charge < -0.3 is 20.3 Å². The number of halogens is 1. The van der Waals surface area contributed by atoms with Crippen LogP contribution in [0.25, 0.3) is 11.3 Å². The third kappa shape index (κ3) is 6.49. The van der Waals surface area contributed by atoms with Crippen LogP contribution in [0.2, 0.25) is 0 Å². The van der Waals surface area contributed by atoms with Gasteiger partial charge in [0.15, 0.2) is 0 Å². The number of carboxylic acids is 2. The van der Waals surface area contributed by atoms with Crippen LogP contribution in [-0.2, 0) is 26.2 Å². The fourth-order valence-corrected chi connectivity index (χ4v) is 4.21. The van der Waals surface area contributed by atoms with Crippen molar-refractivity contribution in [2.24, 2.45) is 0 Å². The smallest absolute Gasteiger partial charge is 0.328 e. The third-order valence-corrected chi connectivity index (χ3v) is 5.89. The van der Waals surface area contributed by atoms with E-state index in [1.54, 1.807) is 19.2 Å². The minimum Gasteiger partial charge on any atom is -0.496 e. The number of rotatable bonds is 8. The van der Waals surface area contributed by atoms with Gasteiger partial charge in [-0.3, -0.25) is 4.98 Å². The number of nitrogens with one attached hydrogen (secondary N) is 1. The highest BCUT2D eigenvalue weighted by molar-refractivity contribution is 7.90. The van der Waals surface area contributed by atoms with Crippen LogP contribution in [0.1, 0.15) is 5.56 Å². The van der Waals surface area contributed by atoms with Crippen molar-refractivity contribution >= 4 is 22.0 Å². The third-order valence-electron chi connectivity index (χ3n) is 4.23. The van der Waals surface area contributed by atoms with Crippen molar-refractivity contribution in [2.45, 2.75) is 11.4 Å². The molecule has 3 rings (SSSR count). The number of carbonyl (C=O) groups is 2. The predicted octanol–water partition coefficient (Wildman–Crippen LogP) is 2.37. The van der Waals surface area contributed by atoms with E-state index in [1.807, 2.05) is 0 Å². The van der Waals surface area contributed by atoms with Crippen molar-refractivity contribution < 1.29 is 37.3 Å². The van der Waals surface area contributed by atoms with Crippen LogP contribution in [0, 0.1) is 5.82 Å². The zero-order valence-electron chi connectivity index (χ0n) is 18.2. The second-order valence-corrected chi connectivity index (χ2v) is 8.40. The van der Waals surface area contributed by atoms with Crippen molar-refractivity contribution in [3.8, 4) is 17.0 Å². The van der Waals surface area contributed by atoms with Gasteiger partial charge >= 0.3 is 11.9 Å². The molecular formula is C22H22FN3O7S. The van der Waals surface area contributed by atoms with Crippen LogP contribution in [0.5, 0.6) is 5.75 Å². The molecule has 2 heterocycles. The summed E-state index contributed by atoms with van der Waals surface area (Å²) < 4.78 is 47.1. The van der Waals surface area contributed by atoms with Crippen LogP contribution in [0.4, 0.5) is 4.39 Å². The average Bonchev–Trinajstić information content (AvgIpc) is 3.23. The molecule has 3 aromatic rings. The van der Waals surface area contributed by atoms with Crippen LogP contribution >= 0.6 is 0 Å². The lowest BCUT2D eigenvalue weighted by atomic mass is 10.1. The molecule has 1 aromatic carbocycles. The van der Waals surface area contributed by atoms with E-state index in [0.29, 0.717) is 24.3 Å². The summed E-state index contributed by atoms with van der Waals surface area (Å²) >= 11 is 0. The minimum atomic E-state index is -3.95. The van der Waals surface area contributed by atoms with E-state index in [0.717, 1.165) is 3.97 Å². The number of pyridine rings is 1. The summed E-state index contributed by atoms with van der Waals surface area (Å²) in [5.41, 5.74) is 0.971. The first kappa shape index (κ1) is 26.2. The van der Waals surface area contributed by atoms with Crippen molar-refractivity contribution in [2.75, 3.05) is 14.2 Å². The molecule has 0 atom stereocenters. The summed E-state index contributed by atoms with van der Waals surface area (Å²) in [5.74, 6) is -2.83. The molecule has 0 fully saturated rings. The first-order chi connectivity index (χ1) is 16.1. The molecule has 0 amide bonds. The standard InChI is InChI=1S/C18H18FN3O3S.C4H4O4/c1-20-10-13-9-16(18-15(19)6-3-7-17(18)25-2)22(12-13)26(23,24)14-5-4-8-21-11-14;5-3(6)1-2-4(7)8/h3-9,11-12,20H,10H2,1-2H3;1-2H,(H,5,6)(H,7,8)/b;2-1+. The molecule has 0 spiro atoms. The van der Waals surface area contributed by atoms with Gasteiger partial charge in [0.25, 0.3) is 10.0 Å². The van der Waals surface area contributed by atoms with E-state index in [-0.39, 0.29) is 21.9 Å². The monoisotopic (exact) mass is 491 g/mol. The number of methoxy groups -OCH3 is 1. The number of carboxylic acid groups (broad SMARTS) is 2. The van der Waals surface area contributed by atoms with Gasteiger partial charge in [-0.1, -0.05) is 6.07 Å². The van der Waals surface area contributed by atoms with Crippen molar-refractivity contribution in [3.63, 3.8) is 0 Å². The fourth-order valence-electron chi connectivity index (χ4n) is 2.86. The Morgan fingerprint density at radius 3 is 2.38 bits per heavy atom. The molecule has 12 heteroatoms. The van der Waals surface area contributed by atoms with Gasteiger partial charge in [0, 0.05) is 37.3 Å². The molecule has 0 aliphatic rings.